The Bertz CT molecular complexity index is 1060. The van der Waals surface area contributed by atoms with Gasteiger partial charge in [0.05, 0.1) is 21.8 Å². The highest BCUT2D eigenvalue weighted by atomic mass is 35.5. The minimum atomic E-state index is -0.352. The Morgan fingerprint density at radius 3 is 2.53 bits per heavy atom. The second-order valence-electron chi connectivity index (χ2n) is 6.43. The zero-order chi connectivity index (χ0) is 21.7. The summed E-state index contributed by atoms with van der Waals surface area (Å²) < 4.78 is 1.76. The molecule has 2 N–H and O–H groups in total. The lowest BCUT2D eigenvalue weighted by atomic mass is 10.2. The van der Waals surface area contributed by atoms with Crippen molar-refractivity contribution in [3.05, 3.63) is 70.0 Å². The Kier molecular flexibility index (Phi) is 7.36. The van der Waals surface area contributed by atoms with Gasteiger partial charge >= 0.3 is 0 Å². The topological polar surface area (TPSA) is 88.9 Å². The van der Waals surface area contributed by atoms with Crippen molar-refractivity contribution in [2.75, 3.05) is 11.1 Å². The van der Waals surface area contributed by atoms with E-state index >= 15 is 0 Å². The molecule has 3 rings (SSSR count). The number of benzene rings is 2. The number of nitrogens with zero attached hydrogens (tertiary/aromatic N) is 3. The number of nitrogens with one attached hydrogen (secondary N) is 2. The Hall–Kier alpha value is -2.55. The molecule has 0 aliphatic rings. The van der Waals surface area contributed by atoms with E-state index in [2.05, 4.69) is 20.8 Å². The quantitative estimate of drug-likeness (QED) is 0.508. The van der Waals surface area contributed by atoms with E-state index in [0.717, 1.165) is 0 Å². The minimum absolute atomic E-state index is 0.136. The third-order valence-electron chi connectivity index (χ3n) is 4.18. The summed E-state index contributed by atoms with van der Waals surface area (Å²) >= 11 is 13.1. The maximum Gasteiger partial charge on any atom is 0.251 e. The highest BCUT2D eigenvalue weighted by Gasteiger charge is 2.19. The van der Waals surface area contributed by atoms with E-state index in [-0.39, 0.29) is 23.6 Å². The molecule has 0 unspecified atom stereocenters. The molecule has 1 atom stereocenters. The van der Waals surface area contributed by atoms with Crippen LogP contribution in [0.4, 0.5) is 5.69 Å². The van der Waals surface area contributed by atoms with Crippen molar-refractivity contribution in [1.29, 1.82) is 0 Å². The molecule has 7 nitrogen and oxygen atoms in total. The second-order valence-corrected chi connectivity index (χ2v) is 8.18. The van der Waals surface area contributed by atoms with Crippen LogP contribution in [0.2, 0.25) is 10.0 Å². The third-order valence-corrected chi connectivity index (χ3v) is 5.93. The van der Waals surface area contributed by atoms with Gasteiger partial charge < -0.3 is 15.2 Å². The number of hydrogen-bond acceptors (Lipinski definition) is 5. The van der Waals surface area contributed by atoms with Gasteiger partial charge in [-0.15, -0.1) is 10.2 Å². The molecule has 10 heteroatoms. The number of amides is 2. The lowest BCUT2D eigenvalue weighted by Gasteiger charge is -2.13. The van der Waals surface area contributed by atoms with Crippen molar-refractivity contribution < 1.29 is 9.59 Å². The number of hydrogen-bond donors (Lipinski definition) is 2. The predicted octanol–water partition coefficient (Wildman–Crippen LogP) is 4.34. The van der Waals surface area contributed by atoms with Crippen molar-refractivity contribution in [3.63, 3.8) is 0 Å². The molecule has 0 saturated carbocycles. The smallest absolute Gasteiger partial charge is 0.251 e. The van der Waals surface area contributed by atoms with Crippen LogP contribution in [-0.2, 0) is 11.8 Å². The van der Waals surface area contributed by atoms with Gasteiger partial charge in [-0.2, -0.15) is 0 Å². The number of rotatable bonds is 7. The molecule has 30 heavy (non-hydrogen) atoms. The summed E-state index contributed by atoms with van der Waals surface area (Å²) in [4.78, 5) is 24.5. The maximum atomic E-state index is 12.3. The van der Waals surface area contributed by atoms with Gasteiger partial charge in [-0.05, 0) is 37.3 Å². The summed E-state index contributed by atoms with van der Waals surface area (Å²) in [7, 11) is 1.79. The summed E-state index contributed by atoms with van der Waals surface area (Å²) in [6.45, 7) is 1.83. The Labute approximate surface area is 188 Å². The first-order chi connectivity index (χ1) is 14.3. The number of carbonyl (C=O) groups excluding carboxylic acids is 2. The molecular formula is C20H19Cl2N5O2S. The molecule has 1 heterocycles. The zero-order valence-corrected chi connectivity index (χ0v) is 18.6. The Morgan fingerprint density at radius 2 is 1.83 bits per heavy atom. The van der Waals surface area contributed by atoms with E-state index in [1.807, 2.05) is 13.0 Å². The standard InChI is InChI=1S/C20H19Cl2N5O2S/c1-12(23-19(29)13-6-4-3-5-7-13)18-25-26-20(27(18)2)30-11-17(28)24-14-8-9-15(21)16(22)10-14/h3-10,12H,11H2,1-2H3,(H,23,29)(H,24,28)/t12-/m1/s1. The summed E-state index contributed by atoms with van der Waals surface area (Å²) in [5.41, 5.74) is 1.13. The van der Waals surface area contributed by atoms with E-state index in [9.17, 15) is 9.59 Å². The van der Waals surface area contributed by atoms with Gasteiger partial charge in [-0.1, -0.05) is 53.2 Å². The fourth-order valence-corrected chi connectivity index (χ4v) is 3.68. The fraction of sp³-hybridized carbons (Fsp3) is 0.200. The van der Waals surface area contributed by atoms with Crippen LogP contribution in [0.1, 0.15) is 29.1 Å². The van der Waals surface area contributed by atoms with Gasteiger partial charge in [-0.3, -0.25) is 9.59 Å². The third kappa shape index (κ3) is 5.53. The van der Waals surface area contributed by atoms with Gasteiger partial charge in [-0.25, -0.2) is 0 Å². The van der Waals surface area contributed by atoms with E-state index < -0.39 is 0 Å². The van der Waals surface area contributed by atoms with Crippen LogP contribution in [0.15, 0.2) is 53.7 Å². The molecule has 0 aliphatic heterocycles. The fourth-order valence-electron chi connectivity index (χ4n) is 2.66. The van der Waals surface area contributed by atoms with Crippen LogP contribution >= 0.6 is 35.0 Å². The predicted molar refractivity (Wildman–Crippen MR) is 119 cm³/mol. The SMILES string of the molecule is C[C@@H](NC(=O)c1ccccc1)c1nnc(SCC(=O)Nc2ccc(Cl)c(Cl)c2)n1C. The first-order valence-electron chi connectivity index (χ1n) is 8.98. The van der Waals surface area contributed by atoms with E-state index in [0.29, 0.717) is 32.3 Å². The number of aromatic nitrogens is 3. The summed E-state index contributed by atoms with van der Waals surface area (Å²) in [5.74, 6) is 0.318. The molecule has 2 amide bonds. The average Bonchev–Trinajstić information content (AvgIpc) is 3.10. The van der Waals surface area contributed by atoms with Crippen molar-refractivity contribution in [2.24, 2.45) is 7.05 Å². The Morgan fingerprint density at radius 1 is 1.10 bits per heavy atom. The van der Waals surface area contributed by atoms with Crippen molar-refractivity contribution in [2.45, 2.75) is 18.1 Å². The number of thioether (sulfide) groups is 1. The molecule has 156 valence electrons. The second kappa shape index (κ2) is 9.97. The number of anilines is 1. The molecule has 0 radical (unpaired) electrons. The molecule has 0 bridgehead atoms. The summed E-state index contributed by atoms with van der Waals surface area (Å²) in [6, 6.07) is 13.5. The molecule has 0 fully saturated rings. The largest absolute Gasteiger partial charge is 0.342 e. The maximum absolute atomic E-state index is 12.3. The molecule has 2 aromatic carbocycles. The first kappa shape index (κ1) is 22.1. The van der Waals surface area contributed by atoms with Crippen LogP contribution in [-0.4, -0.2) is 32.3 Å². The van der Waals surface area contributed by atoms with Gasteiger partial charge in [0.1, 0.15) is 0 Å². The molecule has 1 aromatic heterocycles. The average molecular weight is 464 g/mol. The minimum Gasteiger partial charge on any atom is -0.342 e. The number of halogens is 2. The van der Waals surface area contributed by atoms with E-state index in [1.165, 1.54) is 11.8 Å². The van der Waals surface area contributed by atoms with Crippen LogP contribution in [0.25, 0.3) is 0 Å². The van der Waals surface area contributed by atoms with Crippen LogP contribution in [0, 0.1) is 0 Å². The van der Waals surface area contributed by atoms with Crippen molar-refractivity contribution >= 4 is 52.5 Å². The van der Waals surface area contributed by atoms with Gasteiger partial charge in [0.2, 0.25) is 5.91 Å². The highest BCUT2D eigenvalue weighted by Crippen LogP contribution is 2.25. The van der Waals surface area contributed by atoms with Gasteiger partial charge in [0.25, 0.3) is 5.91 Å². The Balaban J connectivity index is 1.57. The summed E-state index contributed by atoms with van der Waals surface area (Å²) in [5, 5.41) is 15.3. The molecule has 3 aromatic rings. The van der Waals surface area contributed by atoms with Crippen molar-refractivity contribution in [1.82, 2.24) is 20.1 Å². The van der Waals surface area contributed by atoms with Gasteiger partial charge in [0, 0.05) is 18.3 Å². The van der Waals surface area contributed by atoms with Crippen LogP contribution in [0.5, 0.6) is 0 Å². The molecule has 0 spiro atoms. The number of carbonyl (C=O) groups is 2. The van der Waals surface area contributed by atoms with Gasteiger partial charge in [0.15, 0.2) is 11.0 Å². The molecule has 0 aliphatic carbocycles. The zero-order valence-electron chi connectivity index (χ0n) is 16.2. The highest BCUT2D eigenvalue weighted by molar-refractivity contribution is 7.99. The lowest BCUT2D eigenvalue weighted by molar-refractivity contribution is -0.113. The van der Waals surface area contributed by atoms with Crippen LogP contribution in [0.3, 0.4) is 0 Å². The van der Waals surface area contributed by atoms with E-state index in [4.69, 9.17) is 23.2 Å². The van der Waals surface area contributed by atoms with E-state index in [1.54, 1.807) is 54.1 Å². The van der Waals surface area contributed by atoms with Crippen LogP contribution < -0.4 is 10.6 Å². The molecule has 0 saturated heterocycles. The summed E-state index contributed by atoms with van der Waals surface area (Å²) in [6.07, 6.45) is 0. The normalized spacial score (nSPS) is 11.7. The molecular weight excluding hydrogens is 445 g/mol. The monoisotopic (exact) mass is 463 g/mol. The lowest BCUT2D eigenvalue weighted by Crippen LogP contribution is -2.28. The van der Waals surface area contributed by atoms with Crippen molar-refractivity contribution in [3.8, 4) is 0 Å². The first-order valence-corrected chi connectivity index (χ1v) is 10.7.